The number of hydrogen-bond acceptors (Lipinski definition) is 4. The Kier molecular flexibility index (Phi) is 4.11. The number of oxime groups is 1. The number of amidine groups is 1. The van der Waals surface area contributed by atoms with Crippen molar-refractivity contribution in [2.24, 2.45) is 21.9 Å². The Hall–Kier alpha value is -0.860. The van der Waals surface area contributed by atoms with Gasteiger partial charge in [-0.25, -0.2) is 5.14 Å². The summed E-state index contributed by atoms with van der Waals surface area (Å²) in [7, 11) is -2.38. The van der Waals surface area contributed by atoms with Crippen molar-refractivity contribution in [3.8, 4) is 0 Å². The fraction of sp³-hybridized carbons (Fsp3) is 0.800. The highest BCUT2D eigenvalue weighted by Gasteiger charge is 2.17. The molecule has 0 aromatic rings. The molecule has 0 heterocycles. The van der Waals surface area contributed by atoms with Gasteiger partial charge < -0.3 is 10.9 Å². The normalized spacial score (nSPS) is 16.2. The van der Waals surface area contributed by atoms with Crippen LogP contribution < -0.4 is 10.9 Å². The summed E-state index contributed by atoms with van der Waals surface area (Å²) in [6.07, 6.45) is 0. The minimum Gasteiger partial charge on any atom is -0.409 e. The molecule has 0 aliphatic carbocycles. The van der Waals surface area contributed by atoms with Crippen molar-refractivity contribution in [1.82, 2.24) is 4.31 Å². The van der Waals surface area contributed by atoms with Crippen molar-refractivity contribution in [2.45, 2.75) is 6.92 Å². The van der Waals surface area contributed by atoms with Crippen LogP contribution in [-0.2, 0) is 10.2 Å². The lowest BCUT2D eigenvalue weighted by Crippen LogP contribution is -2.39. The lowest BCUT2D eigenvalue weighted by atomic mass is 10.2. The predicted octanol–water partition coefficient (Wildman–Crippen LogP) is -1.50. The van der Waals surface area contributed by atoms with E-state index in [9.17, 15) is 8.42 Å². The monoisotopic (exact) mass is 210 g/mol. The second kappa shape index (κ2) is 4.40. The van der Waals surface area contributed by atoms with Crippen molar-refractivity contribution >= 4 is 16.0 Å². The van der Waals surface area contributed by atoms with Gasteiger partial charge in [0.2, 0.25) is 0 Å². The molecule has 0 amide bonds. The lowest BCUT2D eigenvalue weighted by Gasteiger charge is -2.17. The topological polar surface area (TPSA) is 122 Å². The first-order valence-electron chi connectivity index (χ1n) is 3.50. The van der Waals surface area contributed by atoms with Gasteiger partial charge in [-0.15, -0.1) is 0 Å². The second-order valence-electron chi connectivity index (χ2n) is 2.75. The molecule has 1 atom stereocenters. The lowest BCUT2D eigenvalue weighted by molar-refractivity contribution is 0.312. The fourth-order valence-corrected chi connectivity index (χ4v) is 1.11. The summed E-state index contributed by atoms with van der Waals surface area (Å²) in [5, 5.41) is 15.9. The predicted molar refractivity (Wildman–Crippen MR) is 48.3 cm³/mol. The molecule has 0 aromatic carbocycles. The van der Waals surface area contributed by atoms with Crippen LogP contribution in [0.5, 0.6) is 0 Å². The van der Waals surface area contributed by atoms with Crippen LogP contribution in [0.3, 0.4) is 0 Å². The summed E-state index contributed by atoms with van der Waals surface area (Å²) in [4.78, 5) is 0. The van der Waals surface area contributed by atoms with Crippen LogP contribution in [0.15, 0.2) is 5.16 Å². The third-order valence-corrected chi connectivity index (χ3v) is 2.60. The van der Waals surface area contributed by atoms with Gasteiger partial charge in [0.1, 0.15) is 5.84 Å². The number of nitrogens with two attached hydrogens (primary N) is 2. The van der Waals surface area contributed by atoms with Crippen molar-refractivity contribution < 1.29 is 13.6 Å². The molecule has 7 nitrogen and oxygen atoms in total. The molecule has 0 rings (SSSR count). The molecule has 0 aromatic heterocycles. The van der Waals surface area contributed by atoms with E-state index in [1.54, 1.807) is 6.92 Å². The summed E-state index contributed by atoms with van der Waals surface area (Å²) < 4.78 is 22.4. The molecule has 0 fully saturated rings. The second-order valence-corrected chi connectivity index (χ2v) is 4.40. The molecular weight excluding hydrogens is 196 g/mol. The van der Waals surface area contributed by atoms with Gasteiger partial charge in [0.05, 0.1) is 0 Å². The summed E-state index contributed by atoms with van der Waals surface area (Å²) >= 11 is 0. The number of nitrogens with zero attached hydrogens (tertiary/aromatic N) is 2. The van der Waals surface area contributed by atoms with E-state index in [0.717, 1.165) is 4.31 Å². The van der Waals surface area contributed by atoms with E-state index in [1.165, 1.54) is 7.05 Å². The van der Waals surface area contributed by atoms with Crippen LogP contribution >= 0.6 is 0 Å². The Bertz CT molecular complexity index is 286. The maximum Gasteiger partial charge on any atom is 0.276 e. The highest BCUT2D eigenvalue weighted by molar-refractivity contribution is 7.86. The highest BCUT2D eigenvalue weighted by Crippen LogP contribution is 2.00. The summed E-state index contributed by atoms with van der Waals surface area (Å²) in [6, 6.07) is 0. The average molecular weight is 210 g/mol. The third-order valence-electron chi connectivity index (χ3n) is 1.59. The molecule has 0 aliphatic rings. The van der Waals surface area contributed by atoms with Crippen molar-refractivity contribution in [3.63, 3.8) is 0 Å². The maximum atomic E-state index is 10.7. The van der Waals surface area contributed by atoms with Gasteiger partial charge in [0, 0.05) is 19.5 Å². The van der Waals surface area contributed by atoms with Gasteiger partial charge in [-0.05, 0) is 0 Å². The summed E-state index contributed by atoms with van der Waals surface area (Å²) in [5.74, 6) is -0.413. The van der Waals surface area contributed by atoms with Crippen LogP contribution in [0, 0.1) is 5.92 Å². The van der Waals surface area contributed by atoms with E-state index in [0.29, 0.717) is 0 Å². The minimum atomic E-state index is -3.70. The standard InChI is InChI=1S/C5H14N4O3S/c1-4(5(6)8-10)3-9(2)13(7,11)12/h4,10H,3H2,1-2H3,(H2,6,8)(H2,7,11,12). The molecule has 0 spiro atoms. The molecular formula is C5H14N4O3S. The molecule has 8 heteroatoms. The van der Waals surface area contributed by atoms with Gasteiger partial charge in [-0.2, -0.15) is 12.7 Å². The van der Waals surface area contributed by atoms with Gasteiger partial charge in [0.25, 0.3) is 10.2 Å². The van der Waals surface area contributed by atoms with Gasteiger partial charge in [-0.3, -0.25) is 0 Å². The van der Waals surface area contributed by atoms with E-state index in [4.69, 9.17) is 16.1 Å². The molecule has 0 saturated carbocycles. The molecule has 1 unspecified atom stereocenters. The smallest absolute Gasteiger partial charge is 0.276 e. The molecule has 0 saturated heterocycles. The molecule has 5 N–H and O–H groups in total. The first-order valence-corrected chi connectivity index (χ1v) is 5.00. The van der Waals surface area contributed by atoms with Gasteiger partial charge >= 0.3 is 0 Å². The van der Waals surface area contributed by atoms with E-state index in [1.807, 2.05) is 0 Å². The quantitative estimate of drug-likeness (QED) is 0.226. The van der Waals surface area contributed by atoms with Gasteiger partial charge in [0.15, 0.2) is 0 Å². The van der Waals surface area contributed by atoms with Crippen LogP contribution in [0.2, 0.25) is 0 Å². The van der Waals surface area contributed by atoms with Crippen molar-refractivity contribution in [2.75, 3.05) is 13.6 Å². The maximum absolute atomic E-state index is 10.7. The summed E-state index contributed by atoms with van der Waals surface area (Å²) in [6.45, 7) is 1.70. The zero-order chi connectivity index (χ0) is 10.6. The van der Waals surface area contributed by atoms with Crippen LogP contribution in [-0.4, -0.2) is 37.4 Å². The number of rotatable bonds is 4. The minimum absolute atomic E-state index is 0.0319. The van der Waals surface area contributed by atoms with Crippen molar-refractivity contribution in [3.05, 3.63) is 0 Å². The fourth-order valence-electron chi connectivity index (χ4n) is 0.682. The Balaban J connectivity index is 4.31. The molecule has 0 radical (unpaired) electrons. The Morgan fingerprint density at radius 2 is 2.15 bits per heavy atom. The molecule has 78 valence electrons. The SMILES string of the molecule is CC(CN(C)S(N)(=O)=O)C(N)=NO. The van der Waals surface area contributed by atoms with Crippen LogP contribution in [0.25, 0.3) is 0 Å². The van der Waals surface area contributed by atoms with Crippen LogP contribution in [0.4, 0.5) is 0 Å². The van der Waals surface area contributed by atoms with Gasteiger partial charge in [-0.1, -0.05) is 12.1 Å². The highest BCUT2D eigenvalue weighted by atomic mass is 32.2. The van der Waals surface area contributed by atoms with Crippen LogP contribution in [0.1, 0.15) is 6.92 Å². The zero-order valence-corrected chi connectivity index (χ0v) is 8.32. The first kappa shape index (κ1) is 12.1. The van der Waals surface area contributed by atoms with E-state index in [-0.39, 0.29) is 18.3 Å². The average Bonchev–Trinajstić information content (AvgIpc) is 2.01. The van der Waals surface area contributed by atoms with E-state index < -0.39 is 10.2 Å². The first-order chi connectivity index (χ1) is 5.79. The third kappa shape index (κ3) is 4.06. The molecule has 13 heavy (non-hydrogen) atoms. The van der Waals surface area contributed by atoms with E-state index in [2.05, 4.69) is 5.16 Å². The molecule has 0 aliphatic heterocycles. The Morgan fingerprint density at radius 1 is 1.69 bits per heavy atom. The largest absolute Gasteiger partial charge is 0.409 e. The Morgan fingerprint density at radius 3 is 2.46 bits per heavy atom. The van der Waals surface area contributed by atoms with E-state index >= 15 is 0 Å². The molecule has 0 bridgehead atoms. The Labute approximate surface area is 77.2 Å². The zero-order valence-electron chi connectivity index (χ0n) is 7.51. The van der Waals surface area contributed by atoms with Crippen molar-refractivity contribution in [1.29, 1.82) is 0 Å². The number of hydrogen-bond donors (Lipinski definition) is 3. The summed E-state index contributed by atoms with van der Waals surface area (Å²) in [5.41, 5.74) is 5.25.